The van der Waals surface area contributed by atoms with Crippen molar-refractivity contribution in [2.45, 2.75) is 32.5 Å². The molecule has 1 atom stereocenters. The van der Waals surface area contributed by atoms with Crippen LogP contribution in [0.15, 0.2) is 42.6 Å². The van der Waals surface area contributed by atoms with E-state index in [9.17, 15) is 4.79 Å². The molecule has 0 saturated heterocycles. The summed E-state index contributed by atoms with van der Waals surface area (Å²) in [6, 6.07) is 11.6. The van der Waals surface area contributed by atoms with E-state index in [1.807, 2.05) is 40.5 Å². The highest BCUT2D eigenvalue weighted by Crippen LogP contribution is 2.41. The van der Waals surface area contributed by atoms with Crippen molar-refractivity contribution in [3.05, 3.63) is 64.3 Å². The first-order chi connectivity index (χ1) is 14.6. The number of likely N-dealkylation sites (N-methyl/N-ethyl adjacent to an activating group) is 1. The number of carbonyl (C=O) groups excluding carboxylic acids is 1. The van der Waals surface area contributed by atoms with E-state index in [4.69, 9.17) is 4.74 Å². The zero-order chi connectivity index (χ0) is 20.8. The predicted octanol–water partition coefficient (Wildman–Crippen LogP) is 4.64. The predicted molar refractivity (Wildman–Crippen MR) is 120 cm³/mol. The Kier molecular flexibility index (Phi) is 4.79. The number of nitrogens with zero attached hydrogens (tertiary/aromatic N) is 3. The van der Waals surface area contributed by atoms with Gasteiger partial charge in [0.15, 0.2) is 0 Å². The van der Waals surface area contributed by atoms with Crippen LogP contribution in [0.3, 0.4) is 0 Å². The summed E-state index contributed by atoms with van der Waals surface area (Å²) in [4.78, 5) is 19.2. The molecule has 6 nitrogen and oxygen atoms in total. The van der Waals surface area contributed by atoms with Crippen LogP contribution in [0.25, 0.3) is 5.00 Å². The van der Waals surface area contributed by atoms with E-state index >= 15 is 0 Å². The molecular formula is C23H26N4O2S. The van der Waals surface area contributed by atoms with E-state index in [-0.39, 0.29) is 12.1 Å². The molecule has 0 fully saturated rings. The molecule has 0 saturated carbocycles. The molecule has 30 heavy (non-hydrogen) atoms. The molecule has 5 rings (SSSR count). The first kappa shape index (κ1) is 19.2. The number of amides is 2. The maximum absolute atomic E-state index is 13.4. The second-order valence-electron chi connectivity index (χ2n) is 8.01. The van der Waals surface area contributed by atoms with Crippen molar-refractivity contribution >= 4 is 23.1 Å². The SMILES string of the molecule is COc1ccccc1NC(=O)N1Cc2c(sc3c2CCN(C)C3)-n2cccc2[C@@H]1C. The normalized spacial score (nSPS) is 18.2. The van der Waals surface area contributed by atoms with Crippen LogP contribution in [0.5, 0.6) is 5.75 Å². The number of ether oxygens (including phenoxy) is 1. The lowest BCUT2D eigenvalue weighted by Crippen LogP contribution is -2.36. The number of hydrogen-bond acceptors (Lipinski definition) is 4. The van der Waals surface area contributed by atoms with Crippen LogP contribution >= 0.6 is 11.3 Å². The van der Waals surface area contributed by atoms with Crippen LogP contribution in [-0.2, 0) is 19.5 Å². The van der Waals surface area contributed by atoms with Crippen LogP contribution in [0.2, 0.25) is 0 Å². The van der Waals surface area contributed by atoms with Crippen molar-refractivity contribution in [2.75, 3.05) is 26.0 Å². The molecule has 2 aliphatic rings. The molecule has 0 unspecified atom stereocenters. The molecule has 1 aromatic carbocycles. The summed E-state index contributed by atoms with van der Waals surface area (Å²) in [5.74, 6) is 0.660. The third-order valence-electron chi connectivity index (χ3n) is 6.17. The van der Waals surface area contributed by atoms with Gasteiger partial charge in [0, 0.05) is 35.4 Å². The Balaban J connectivity index is 1.54. The Hall–Kier alpha value is -2.77. The third kappa shape index (κ3) is 3.09. The number of thiophene rings is 1. The van der Waals surface area contributed by atoms with Gasteiger partial charge in [-0.15, -0.1) is 11.3 Å². The molecule has 156 valence electrons. The smallest absolute Gasteiger partial charge is 0.322 e. The lowest BCUT2D eigenvalue weighted by molar-refractivity contribution is 0.189. The molecule has 2 aliphatic heterocycles. The van der Waals surface area contributed by atoms with E-state index in [1.54, 1.807) is 7.11 Å². The van der Waals surface area contributed by atoms with Gasteiger partial charge in [-0.2, -0.15) is 0 Å². The fraction of sp³-hybridized carbons (Fsp3) is 0.348. The molecule has 0 bridgehead atoms. The molecule has 0 spiro atoms. The second-order valence-corrected chi connectivity index (χ2v) is 9.10. The van der Waals surface area contributed by atoms with Gasteiger partial charge in [0.25, 0.3) is 0 Å². The first-order valence-electron chi connectivity index (χ1n) is 10.3. The largest absolute Gasteiger partial charge is 0.495 e. The average Bonchev–Trinajstić information content (AvgIpc) is 3.33. The lowest BCUT2D eigenvalue weighted by Gasteiger charge is -2.29. The lowest BCUT2D eigenvalue weighted by atomic mass is 10.0. The Morgan fingerprint density at radius 2 is 2.00 bits per heavy atom. The van der Waals surface area contributed by atoms with Crippen molar-refractivity contribution in [3.8, 4) is 10.8 Å². The van der Waals surface area contributed by atoms with E-state index in [0.717, 1.165) is 25.2 Å². The Bertz CT molecular complexity index is 1100. The van der Waals surface area contributed by atoms with Crippen molar-refractivity contribution in [1.82, 2.24) is 14.4 Å². The zero-order valence-electron chi connectivity index (χ0n) is 17.5. The van der Waals surface area contributed by atoms with Gasteiger partial charge < -0.3 is 24.4 Å². The first-order valence-corrected chi connectivity index (χ1v) is 11.1. The number of nitrogens with one attached hydrogen (secondary N) is 1. The number of aromatic nitrogens is 1. The van der Waals surface area contributed by atoms with Gasteiger partial charge >= 0.3 is 6.03 Å². The number of benzene rings is 1. The Morgan fingerprint density at radius 1 is 1.17 bits per heavy atom. The van der Waals surface area contributed by atoms with Crippen LogP contribution in [0.1, 0.15) is 34.7 Å². The zero-order valence-corrected chi connectivity index (χ0v) is 18.3. The number of anilines is 1. The number of carbonyl (C=O) groups is 1. The molecule has 7 heteroatoms. The maximum Gasteiger partial charge on any atom is 0.322 e. The Labute approximate surface area is 180 Å². The van der Waals surface area contributed by atoms with Crippen molar-refractivity contribution in [2.24, 2.45) is 0 Å². The van der Waals surface area contributed by atoms with Crippen LogP contribution in [0, 0.1) is 0 Å². The van der Waals surface area contributed by atoms with Crippen LogP contribution < -0.4 is 10.1 Å². The minimum Gasteiger partial charge on any atom is -0.495 e. The van der Waals surface area contributed by atoms with E-state index < -0.39 is 0 Å². The minimum atomic E-state index is -0.111. The van der Waals surface area contributed by atoms with Gasteiger partial charge in [0.05, 0.1) is 25.4 Å². The summed E-state index contributed by atoms with van der Waals surface area (Å²) in [7, 11) is 3.79. The van der Waals surface area contributed by atoms with E-state index in [2.05, 4.69) is 47.1 Å². The Morgan fingerprint density at radius 3 is 2.83 bits per heavy atom. The van der Waals surface area contributed by atoms with Crippen molar-refractivity contribution in [1.29, 1.82) is 0 Å². The monoisotopic (exact) mass is 422 g/mol. The molecule has 0 aliphatic carbocycles. The van der Waals surface area contributed by atoms with Gasteiger partial charge in [0.2, 0.25) is 0 Å². The number of fused-ring (bicyclic) bond motifs is 5. The third-order valence-corrected chi connectivity index (χ3v) is 7.43. The summed E-state index contributed by atoms with van der Waals surface area (Å²) in [5.41, 5.74) is 4.54. The maximum atomic E-state index is 13.4. The average molecular weight is 423 g/mol. The molecule has 2 amide bonds. The molecular weight excluding hydrogens is 396 g/mol. The summed E-state index contributed by atoms with van der Waals surface area (Å²) < 4.78 is 7.69. The second kappa shape index (κ2) is 7.49. The quantitative estimate of drug-likeness (QED) is 0.654. The fourth-order valence-corrected chi connectivity index (χ4v) is 5.95. The van der Waals surface area contributed by atoms with Crippen molar-refractivity contribution < 1.29 is 9.53 Å². The van der Waals surface area contributed by atoms with Gasteiger partial charge in [-0.1, -0.05) is 12.1 Å². The highest BCUT2D eigenvalue weighted by Gasteiger charge is 2.33. The topological polar surface area (TPSA) is 49.7 Å². The molecule has 0 radical (unpaired) electrons. The number of hydrogen-bond donors (Lipinski definition) is 1. The summed E-state index contributed by atoms with van der Waals surface area (Å²) >= 11 is 1.87. The standard InChI is InChI=1S/C23H26N4O2S/c1-15-19-8-6-11-26(19)22-17(16-10-12-25(2)14-21(16)30-22)13-27(15)23(28)24-18-7-4-5-9-20(18)29-3/h4-9,11,15H,10,12-14H2,1-3H3,(H,24,28)/t15-/m0/s1. The van der Waals surface area contributed by atoms with Gasteiger partial charge in [-0.25, -0.2) is 4.79 Å². The molecule has 4 heterocycles. The van der Waals surface area contributed by atoms with E-state index in [1.165, 1.54) is 21.0 Å². The summed E-state index contributed by atoms with van der Waals surface area (Å²) in [5, 5.41) is 4.33. The number of rotatable bonds is 2. The van der Waals surface area contributed by atoms with Crippen LogP contribution in [-0.4, -0.2) is 41.1 Å². The fourth-order valence-electron chi connectivity index (χ4n) is 4.51. The molecule has 3 aromatic rings. The van der Waals surface area contributed by atoms with Gasteiger partial charge in [0.1, 0.15) is 10.8 Å². The molecule has 1 N–H and O–H groups in total. The van der Waals surface area contributed by atoms with Crippen molar-refractivity contribution in [3.63, 3.8) is 0 Å². The van der Waals surface area contributed by atoms with Gasteiger partial charge in [-0.05, 0) is 50.2 Å². The molecule has 2 aromatic heterocycles. The number of urea groups is 1. The minimum absolute atomic E-state index is 0.0452. The van der Waals surface area contributed by atoms with Crippen LogP contribution in [0.4, 0.5) is 10.5 Å². The summed E-state index contributed by atoms with van der Waals surface area (Å²) in [6.07, 6.45) is 3.16. The van der Waals surface area contributed by atoms with E-state index in [0.29, 0.717) is 18.0 Å². The number of para-hydroxylation sites is 2. The summed E-state index contributed by atoms with van der Waals surface area (Å²) in [6.45, 7) is 4.74. The highest BCUT2D eigenvalue weighted by atomic mass is 32.1. The number of methoxy groups -OCH3 is 1. The van der Waals surface area contributed by atoms with Gasteiger partial charge in [-0.3, -0.25) is 0 Å². The highest BCUT2D eigenvalue weighted by molar-refractivity contribution is 7.15.